The minimum atomic E-state index is -0.302. The summed E-state index contributed by atoms with van der Waals surface area (Å²) in [6.07, 6.45) is -0.394. The SMILES string of the molecule is Cc1cccc(CNC(=O)c2cc(C3=NOC([C@H]4CO[C@H](CO)CO4)C3)nc(C)n2)c1. The fourth-order valence-electron chi connectivity index (χ4n) is 3.55. The molecule has 9 nitrogen and oxygen atoms in total. The van der Waals surface area contributed by atoms with Gasteiger partial charge in [0.25, 0.3) is 5.91 Å². The summed E-state index contributed by atoms with van der Waals surface area (Å²) >= 11 is 0. The molecular weight excluding hydrogens is 400 g/mol. The lowest BCUT2D eigenvalue weighted by molar-refractivity contribution is -0.178. The van der Waals surface area contributed by atoms with Crippen molar-refractivity contribution >= 4 is 11.6 Å². The Hall–Kier alpha value is -2.88. The van der Waals surface area contributed by atoms with Crippen LogP contribution in [0.5, 0.6) is 0 Å². The zero-order valence-electron chi connectivity index (χ0n) is 17.6. The average Bonchev–Trinajstić information content (AvgIpc) is 3.27. The molecule has 1 aromatic heterocycles. The number of rotatable bonds is 6. The van der Waals surface area contributed by atoms with Crippen LogP contribution in [0.15, 0.2) is 35.5 Å². The van der Waals surface area contributed by atoms with Crippen LogP contribution in [-0.2, 0) is 20.9 Å². The zero-order chi connectivity index (χ0) is 21.8. The number of carbonyl (C=O) groups is 1. The number of amides is 1. The van der Waals surface area contributed by atoms with Gasteiger partial charge < -0.3 is 24.7 Å². The van der Waals surface area contributed by atoms with Gasteiger partial charge in [0.05, 0.1) is 25.5 Å². The molecule has 9 heteroatoms. The van der Waals surface area contributed by atoms with E-state index in [1.165, 1.54) is 0 Å². The first-order chi connectivity index (χ1) is 15.0. The van der Waals surface area contributed by atoms with Gasteiger partial charge in [-0.15, -0.1) is 0 Å². The van der Waals surface area contributed by atoms with Gasteiger partial charge in [-0.3, -0.25) is 4.79 Å². The van der Waals surface area contributed by atoms with Crippen LogP contribution >= 0.6 is 0 Å². The largest absolute Gasteiger partial charge is 0.394 e. The maximum atomic E-state index is 12.7. The molecule has 164 valence electrons. The first-order valence-corrected chi connectivity index (χ1v) is 10.3. The molecule has 1 amide bonds. The van der Waals surface area contributed by atoms with E-state index in [1.807, 2.05) is 31.2 Å². The van der Waals surface area contributed by atoms with E-state index in [0.29, 0.717) is 43.4 Å². The van der Waals surface area contributed by atoms with Gasteiger partial charge in [-0.05, 0) is 25.5 Å². The standard InChI is InChI=1S/C22H26N4O5/c1-13-4-3-5-15(6-13)9-23-22(28)19-7-17(24-14(2)25-19)18-8-20(31-26-18)21-12-29-16(10-27)11-30-21/h3-7,16,20-21,27H,8-12H2,1-2H3,(H,23,28)/t16-,20?,21-/m1/s1. The zero-order valence-corrected chi connectivity index (χ0v) is 17.6. The minimum Gasteiger partial charge on any atom is -0.394 e. The first-order valence-electron chi connectivity index (χ1n) is 10.3. The van der Waals surface area contributed by atoms with Crippen LogP contribution in [0.25, 0.3) is 0 Å². The number of aromatic nitrogens is 2. The van der Waals surface area contributed by atoms with E-state index in [4.69, 9.17) is 19.4 Å². The third-order valence-corrected chi connectivity index (χ3v) is 5.21. The summed E-state index contributed by atoms with van der Waals surface area (Å²) in [5, 5.41) is 16.2. The molecule has 2 aliphatic heterocycles. The highest BCUT2D eigenvalue weighted by atomic mass is 16.7. The number of aryl methyl sites for hydroxylation is 2. The Bertz CT molecular complexity index is 972. The number of carbonyl (C=O) groups excluding carboxylic acids is 1. The summed E-state index contributed by atoms with van der Waals surface area (Å²) in [5.74, 6) is 0.204. The molecule has 0 bridgehead atoms. The second kappa shape index (κ2) is 9.51. The number of ether oxygens (including phenoxy) is 2. The van der Waals surface area contributed by atoms with E-state index in [9.17, 15) is 4.79 Å². The van der Waals surface area contributed by atoms with Crippen LogP contribution in [0.1, 0.15) is 39.6 Å². The minimum absolute atomic E-state index is 0.0745. The molecule has 0 aliphatic carbocycles. The molecule has 3 heterocycles. The summed E-state index contributed by atoms with van der Waals surface area (Å²) in [6.45, 7) is 4.73. The number of aliphatic hydroxyl groups is 1. The lowest BCUT2D eigenvalue weighted by Gasteiger charge is -2.30. The normalized spacial score (nSPS) is 23.2. The van der Waals surface area contributed by atoms with E-state index < -0.39 is 0 Å². The fourth-order valence-corrected chi connectivity index (χ4v) is 3.55. The Labute approximate surface area is 180 Å². The Morgan fingerprint density at radius 2 is 2.03 bits per heavy atom. The molecule has 1 fully saturated rings. The summed E-state index contributed by atoms with van der Waals surface area (Å²) in [6, 6.07) is 9.60. The number of hydrogen-bond acceptors (Lipinski definition) is 8. The van der Waals surface area contributed by atoms with Gasteiger partial charge in [-0.1, -0.05) is 35.0 Å². The number of aliphatic hydroxyl groups excluding tert-OH is 1. The molecule has 3 atom stereocenters. The molecule has 1 unspecified atom stereocenters. The summed E-state index contributed by atoms with van der Waals surface area (Å²) in [7, 11) is 0. The van der Waals surface area contributed by atoms with Crippen molar-refractivity contribution in [2.24, 2.45) is 5.16 Å². The van der Waals surface area contributed by atoms with Crippen molar-refractivity contribution in [2.45, 2.75) is 45.1 Å². The Morgan fingerprint density at radius 1 is 1.16 bits per heavy atom. The van der Waals surface area contributed by atoms with Gasteiger partial charge in [0, 0.05) is 13.0 Å². The molecule has 0 radical (unpaired) electrons. The highest BCUT2D eigenvalue weighted by Crippen LogP contribution is 2.23. The highest BCUT2D eigenvalue weighted by molar-refractivity contribution is 6.02. The van der Waals surface area contributed by atoms with Crippen molar-refractivity contribution in [2.75, 3.05) is 19.8 Å². The molecule has 2 aromatic rings. The van der Waals surface area contributed by atoms with Crippen LogP contribution in [-0.4, -0.2) is 64.8 Å². The van der Waals surface area contributed by atoms with Crippen molar-refractivity contribution in [3.05, 3.63) is 58.7 Å². The molecule has 1 saturated heterocycles. The predicted molar refractivity (Wildman–Crippen MR) is 112 cm³/mol. The molecular formula is C22H26N4O5. The number of benzene rings is 1. The third kappa shape index (κ3) is 5.25. The summed E-state index contributed by atoms with van der Waals surface area (Å²) < 4.78 is 11.3. The second-order valence-electron chi connectivity index (χ2n) is 7.75. The number of nitrogens with zero attached hydrogens (tertiary/aromatic N) is 3. The van der Waals surface area contributed by atoms with Gasteiger partial charge in [0.2, 0.25) is 0 Å². The van der Waals surface area contributed by atoms with E-state index in [-0.39, 0.29) is 36.5 Å². The van der Waals surface area contributed by atoms with E-state index in [1.54, 1.807) is 13.0 Å². The monoisotopic (exact) mass is 426 g/mol. The van der Waals surface area contributed by atoms with Crippen molar-refractivity contribution in [3.8, 4) is 0 Å². The lowest BCUT2D eigenvalue weighted by Crippen LogP contribution is -2.43. The van der Waals surface area contributed by atoms with Crippen molar-refractivity contribution < 1.29 is 24.2 Å². The van der Waals surface area contributed by atoms with E-state index >= 15 is 0 Å². The second-order valence-corrected chi connectivity index (χ2v) is 7.75. The van der Waals surface area contributed by atoms with Crippen molar-refractivity contribution in [1.29, 1.82) is 0 Å². The maximum absolute atomic E-state index is 12.7. The van der Waals surface area contributed by atoms with E-state index in [0.717, 1.165) is 11.1 Å². The lowest BCUT2D eigenvalue weighted by atomic mass is 10.0. The summed E-state index contributed by atoms with van der Waals surface area (Å²) in [4.78, 5) is 26.9. The van der Waals surface area contributed by atoms with Crippen LogP contribution < -0.4 is 5.32 Å². The highest BCUT2D eigenvalue weighted by Gasteiger charge is 2.35. The van der Waals surface area contributed by atoms with Gasteiger partial charge in [0.15, 0.2) is 6.10 Å². The van der Waals surface area contributed by atoms with Gasteiger partial charge in [0.1, 0.15) is 29.4 Å². The van der Waals surface area contributed by atoms with Crippen molar-refractivity contribution in [1.82, 2.24) is 15.3 Å². The predicted octanol–water partition coefficient (Wildman–Crippen LogP) is 1.29. The molecule has 0 spiro atoms. The van der Waals surface area contributed by atoms with Crippen LogP contribution in [0, 0.1) is 13.8 Å². The van der Waals surface area contributed by atoms with Crippen LogP contribution in [0.4, 0.5) is 0 Å². The Kier molecular flexibility index (Phi) is 6.55. The quantitative estimate of drug-likeness (QED) is 0.715. The maximum Gasteiger partial charge on any atom is 0.270 e. The smallest absolute Gasteiger partial charge is 0.270 e. The van der Waals surface area contributed by atoms with Crippen molar-refractivity contribution in [3.63, 3.8) is 0 Å². The van der Waals surface area contributed by atoms with Gasteiger partial charge in [-0.25, -0.2) is 9.97 Å². The number of hydrogen-bond donors (Lipinski definition) is 2. The average molecular weight is 426 g/mol. The molecule has 2 N–H and O–H groups in total. The molecule has 0 saturated carbocycles. The van der Waals surface area contributed by atoms with Gasteiger partial charge >= 0.3 is 0 Å². The van der Waals surface area contributed by atoms with Gasteiger partial charge in [-0.2, -0.15) is 0 Å². The molecule has 31 heavy (non-hydrogen) atoms. The first kappa shape index (κ1) is 21.4. The third-order valence-electron chi connectivity index (χ3n) is 5.21. The number of nitrogens with one attached hydrogen (secondary N) is 1. The summed E-state index contributed by atoms with van der Waals surface area (Å²) in [5.41, 5.74) is 3.63. The van der Waals surface area contributed by atoms with E-state index in [2.05, 4.69) is 20.4 Å². The van der Waals surface area contributed by atoms with Crippen LogP contribution in [0.2, 0.25) is 0 Å². The number of oxime groups is 1. The van der Waals surface area contributed by atoms with Crippen LogP contribution in [0.3, 0.4) is 0 Å². The molecule has 4 rings (SSSR count). The Morgan fingerprint density at radius 3 is 2.77 bits per heavy atom. The molecule has 1 aromatic carbocycles. The Balaban J connectivity index is 1.39. The topological polar surface area (TPSA) is 115 Å². The molecule has 2 aliphatic rings. The fraction of sp³-hybridized carbons (Fsp3) is 0.455.